The number of amides is 3. The van der Waals surface area contributed by atoms with Crippen molar-refractivity contribution < 1.29 is 37.4 Å². The van der Waals surface area contributed by atoms with Crippen molar-refractivity contribution in [2.24, 2.45) is 0 Å². The number of halogens is 1. The molecule has 1 aromatic heterocycles. The number of hydrogen-bond acceptors (Lipinski definition) is 9. The number of aliphatic hydroxyl groups excluding tert-OH is 1. The SMILES string of the molecule is CCCC(=O)NCCC(=O)OCc1ncc2n1C(=O)N(C1CCN(C(=O)[C@H](O)CS(=O)(=O)c3ccc4cc(Cl)ccc4c3)CC1)C2. The molecular weight excluding hydrogens is 638 g/mol. The third-order valence-electron chi connectivity index (χ3n) is 8.18. The highest BCUT2D eigenvalue weighted by atomic mass is 35.5. The van der Waals surface area contributed by atoms with Crippen LogP contribution in [0.4, 0.5) is 4.79 Å². The third kappa shape index (κ3) is 7.51. The van der Waals surface area contributed by atoms with E-state index in [-0.39, 0.29) is 61.4 Å². The Kier molecular flexibility index (Phi) is 10.3. The number of benzene rings is 2. The van der Waals surface area contributed by atoms with E-state index in [2.05, 4.69) is 10.3 Å². The van der Waals surface area contributed by atoms with E-state index in [1.165, 1.54) is 21.6 Å². The van der Waals surface area contributed by atoms with E-state index in [1.807, 2.05) is 6.92 Å². The van der Waals surface area contributed by atoms with Crippen LogP contribution in [0.1, 0.15) is 50.5 Å². The second-order valence-corrected chi connectivity index (χ2v) is 13.9. The molecule has 3 amide bonds. The monoisotopic (exact) mass is 673 g/mol. The minimum atomic E-state index is -3.97. The Labute approximate surface area is 271 Å². The number of likely N-dealkylation sites (tertiary alicyclic amines) is 1. The average Bonchev–Trinajstić information content (AvgIpc) is 3.58. The highest BCUT2D eigenvalue weighted by molar-refractivity contribution is 7.91. The highest BCUT2D eigenvalue weighted by Gasteiger charge is 2.38. The van der Waals surface area contributed by atoms with Crippen LogP contribution in [-0.4, -0.2) is 94.2 Å². The minimum Gasteiger partial charge on any atom is -0.457 e. The Bertz CT molecular complexity index is 1750. The number of piperidine rings is 1. The second kappa shape index (κ2) is 14.2. The summed E-state index contributed by atoms with van der Waals surface area (Å²) < 4.78 is 32.8. The van der Waals surface area contributed by atoms with Crippen LogP contribution in [0.2, 0.25) is 5.02 Å². The molecule has 3 aromatic rings. The van der Waals surface area contributed by atoms with Crippen molar-refractivity contribution in [1.29, 1.82) is 0 Å². The Morgan fingerprint density at radius 3 is 2.57 bits per heavy atom. The highest BCUT2D eigenvalue weighted by Crippen LogP contribution is 2.27. The lowest BCUT2D eigenvalue weighted by Gasteiger charge is -2.37. The van der Waals surface area contributed by atoms with Gasteiger partial charge in [-0.3, -0.25) is 14.4 Å². The quantitative estimate of drug-likeness (QED) is 0.275. The summed E-state index contributed by atoms with van der Waals surface area (Å²) in [6, 6.07) is 9.14. The Hall–Kier alpha value is -4.01. The van der Waals surface area contributed by atoms with E-state index in [4.69, 9.17) is 16.3 Å². The number of ether oxygens (including phenoxy) is 1. The first-order valence-corrected chi connectivity index (χ1v) is 17.2. The molecule has 13 nitrogen and oxygen atoms in total. The van der Waals surface area contributed by atoms with Gasteiger partial charge in [-0.1, -0.05) is 30.7 Å². The standard InChI is InChI=1S/C31H36ClN5O8S/c1-2-3-28(39)33-11-8-29(40)45-18-27-34-16-24-17-36(31(42)37(24)27)23-9-12-35(13-10-23)30(41)26(38)19-46(43,44)25-7-5-20-14-22(32)6-4-21(20)15-25/h4-7,14-16,23,26,38H,2-3,8-13,17-19H2,1H3,(H,33,39)/t26-/m1/s1. The Morgan fingerprint density at radius 1 is 1.11 bits per heavy atom. The molecule has 0 unspecified atom stereocenters. The van der Waals surface area contributed by atoms with Crippen molar-refractivity contribution in [1.82, 2.24) is 24.7 Å². The van der Waals surface area contributed by atoms with E-state index in [1.54, 1.807) is 35.4 Å². The molecule has 0 bridgehead atoms. The lowest BCUT2D eigenvalue weighted by molar-refractivity contribution is -0.145. The number of nitrogens with zero attached hydrogens (tertiary/aromatic N) is 4. The first-order chi connectivity index (χ1) is 22.0. The van der Waals surface area contributed by atoms with Gasteiger partial charge in [-0.2, -0.15) is 0 Å². The molecule has 1 atom stereocenters. The van der Waals surface area contributed by atoms with Gasteiger partial charge in [0.25, 0.3) is 5.91 Å². The van der Waals surface area contributed by atoms with E-state index in [0.717, 1.165) is 5.39 Å². The van der Waals surface area contributed by atoms with Gasteiger partial charge in [-0.25, -0.2) is 22.8 Å². The van der Waals surface area contributed by atoms with Crippen molar-refractivity contribution in [2.45, 2.75) is 69.2 Å². The summed E-state index contributed by atoms with van der Waals surface area (Å²) in [4.78, 5) is 57.3. The van der Waals surface area contributed by atoms with E-state index < -0.39 is 33.6 Å². The fraction of sp³-hybridized carbons (Fsp3) is 0.452. The topological polar surface area (TPSA) is 168 Å². The van der Waals surface area contributed by atoms with Crippen LogP contribution < -0.4 is 5.32 Å². The van der Waals surface area contributed by atoms with Gasteiger partial charge >= 0.3 is 12.0 Å². The number of carbonyl (C=O) groups excluding carboxylic acids is 4. The first-order valence-electron chi connectivity index (χ1n) is 15.1. The number of imidazole rings is 1. The fourth-order valence-corrected chi connectivity index (χ4v) is 7.25. The first kappa shape index (κ1) is 33.4. The number of esters is 1. The summed E-state index contributed by atoms with van der Waals surface area (Å²) >= 11 is 6.01. The number of nitrogens with one attached hydrogen (secondary N) is 1. The summed E-state index contributed by atoms with van der Waals surface area (Å²) in [5, 5.41) is 15.2. The smallest absolute Gasteiger partial charge is 0.330 e. The predicted octanol–water partition coefficient (Wildman–Crippen LogP) is 2.65. The number of hydrogen-bond donors (Lipinski definition) is 2. The zero-order chi connectivity index (χ0) is 33.0. The molecule has 0 spiro atoms. The van der Waals surface area contributed by atoms with Crippen LogP contribution in [0.3, 0.4) is 0 Å². The maximum absolute atomic E-state index is 13.3. The summed E-state index contributed by atoms with van der Waals surface area (Å²) in [5.74, 6) is -1.79. The molecule has 2 aromatic carbocycles. The molecule has 2 N–H and O–H groups in total. The van der Waals surface area contributed by atoms with E-state index >= 15 is 0 Å². The van der Waals surface area contributed by atoms with Crippen molar-refractivity contribution in [3.8, 4) is 0 Å². The van der Waals surface area contributed by atoms with Gasteiger partial charge in [0.15, 0.2) is 15.7 Å². The molecule has 1 fully saturated rings. The lowest BCUT2D eigenvalue weighted by Crippen LogP contribution is -2.50. The summed E-state index contributed by atoms with van der Waals surface area (Å²) in [6.07, 6.45) is 1.81. The second-order valence-electron chi connectivity index (χ2n) is 11.4. The van der Waals surface area contributed by atoms with Crippen LogP contribution in [0.25, 0.3) is 10.8 Å². The number of aromatic nitrogens is 2. The molecule has 15 heteroatoms. The Morgan fingerprint density at radius 2 is 1.83 bits per heavy atom. The van der Waals surface area contributed by atoms with Crippen LogP contribution in [0, 0.1) is 0 Å². The number of sulfone groups is 1. The fourth-order valence-electron chi connectivity index (χ4n) is 5.74. The molecule has 0 radical (unpaired) electrons. The number of rotatable bonds is 12. The minimum absolute atomic E-state index is 0.000169. The Balaban J connectivity index is 1.10. The molecule has 2 aliphatic rings. The van der Waals surface area contributed by atoms with E-state index in [9.17, 15) is 32.7 Å². The molecule has 0 aliphatic carbocycles. The predicted molar refractivity (Wildman–Crippen MR) is 168 cm³/mol. The van der Waals surface area contributed by atoms with Crippen LogP contribution >= 0.6 is 11.6 Å². The zero-order valence-corrected chi connectivity index (χ0v) is 26.9. The van der Waals surface area contributed by atoms with Gasteiger partial charge in [0, 0.05) is 37.1 Å². The maximum atomic E-state index is 13.3. The molecule has 46 heavy (non-hydrogen) atoms. The van der Waals surface area contributed by atoms with Crippen LogP contribution in [-0.2, 0) is 42.1 Å². The molecule has 3 heterocycles. The van der Waals surface area contributed by atoms with Crippen LogP contribution in [0.5, 0.6) is 0 Å². The lowest BCUT2D eigenvalue weighted by atomic mass is 10.0. The molecule has 1 saturated heterocycles. The van der Waals surface area contributed by atoms with Gasteiger partial charge in [0.05, 0.1) is 35.5 Å². The van der Waals surface area contributed by atoms with Crippen molar-refractivity contribution in [3.63, 3.8) is 0 Å². The maximum Gasteiger partial charge on any atom is 0.330 e. The van der Waals surface area contributed by atoms with Gasteiger partial charge in [0.1, 0.15) is 12.7 Å². The van der Waals surface area contributed by atoms with Gasteiger partial charge in [-0.15, -0.1) is 0 Å². The summed E-state index contributed by atoms with van der Waals surface area (Å²) in [5.41, 5.74) is 0.652. The van der Waals surface area contributed by atoms with Gasteiger partial charge < -0.3 is 25.0 Å². The molecular formula is C31H36ClN5O8S. The van der Waals surface area contributed by atoms with Gasteiger partial charge in [-0.05, 0) is 54.3 Å². The molecule has 2 aliphatic heterocycles. The zero-order valence-electron chi connectivity index (χ0n) is 25.4. The van der Waals surface area contributed by atoms with Crippen molar-refractivity contribution >= 4 is 56.0 Å². The van der Waals surface area contributed by atoms with Crippen LogP contribution in [0.15, 0.2) is 47.5 Å². The number of fused-ring (bicyclic) bond motifs is 2. The largest absolute Gasteiger partial charge is 0.457 e. The molecule has 0 saturated carbocycles. The summed E-state index contributed by atoms with van der Waals surface area (Å²) in [6.45, 7) is 2.65. The third-order valence-corrected chi connectivity index (χ3v) is 10.1. The van der Waals surface area contributed by atoms with Gasteiger partial charge in [0.2, 0.25) is 5.91 Å². The molecule has 246 valence electrons. The number of aliphatic hydroxyl groups is 1. The van der Waals surface area contributed by atoms with E-state index in [0.29, 0.717) is 48.3 Å². The number of carbonyl (C=O) groups is 4. The normalized spacial score (nSPS) is 16.0. The molecule has 5 rings (SSSR count). The van der Waals surface area contributed by atoms with Crippen molar-refractivity contribution in [2.75, 3.05) is 25.4 Å². The van der Waals surface area contributed by atoms with Crippen molar-refractivity contribution in [3.05, 3.63) is 59.1 Å². The summed E-state index contributed by atoms with van der Waals surface area (Å²) in [7, 11) is -3.97. The average molecular weight is 674 g/mol.